The molecule has 1 heterocycles. The number of rotatable bonds is 3. The second-order valence-corrected chi connectivity index (χ2v) is 5.96. The van der Waals surface area contributed by atoms with Gasteiger partial charge in [-0.2, -0.15) is 0 Å². The fourth-order valence-electron chi connectivity index (χ4n) is 2.41. The number of carboxylic acids is 1. The third-order valence-corrected chi connectivity index (χ3v) is 4.21. The molecular formula is C13H22N2O3. The van der Waals surface area contributed by atoms with Crippen LogP contribution >= 0.6 is 0 Å². The maximum atomic E-state index is 12.1. The molecule has 102 valence electrons. The molecule has 2 amide bonds. The first-order valence-corrected chi connectivity index (χ1v) is 6.66. The smallest absolute Gasteiger partial charge is 0.319 e. The summed E-state index contributed by atoms with van der Waals surface area (Å²) in [5.41, 5.74) is -0.661. The standard InChI is InChI=1S/C13H22N2O3/c1-13(11(16)17)5-7-15(8-6-13)12(18)14(2)9-10-3-4-10/h10H,3-9H2,1-2H3,(H,16,17). The monoisotopic (exact) mass is 254 g/mol. The number of nitrogens with zero attached hydrogens (tertiary/aromatic N) is 2. The van der Waals surface area contributed by atoms with Crippen molar-refractivity contribution in [3.8, 4) is 0 Å². The summed E-state index contributed by atoms with van der Waals surface area (Å²) >= 11 is 0. The van der Waals surface area contributed by atoms with Gasteiger partial charge < -0.3 is 14.9 Å². The number of hydrogen-bond donors (Lipinski definition) is 1. The van der Waals surface area contributed by atoms with Gasteiger partial charge in [0.25, 0.3) is 0 Å². The second-order valence-electron chi connectivity index (χ2n) is 5.96. The van der Waals surface area contributed by atoms with Gasteiger partial charge in [0, 0.05) is 26.7 Å². The molecular weight excluding hydrogens is 232 g/mol. The lowest BCUT2D eigenvalue weighted by Gasteiger charge is -2.38. The van der Waals surface area contributed by atoms with Gasteiger partial charge in [-0.25, -0.2) is 4.79 Å². The summed E-state index contributed by atoms with van der Waals surface area (Å²) in [7, 11) is 1.84. The Morgan fingerprint density at radius 3 is 2.33 bits per heavy atom. The van der Waals surface area contributed by atoms with Crippen LogP contribution < -0.4 is 0 Å². The van der Waals surface area contributed by atoms with Gasteiger partial charge in [0.2, 0.25) is 0 Å². The Kier molecular flexibility index (Phi) is 3.50. The van der Waals surface area contributed by atoms with Crippen LogP contribution in [-0.2, 0) is 4.79 Å². The summed E-state index contributed by atoms with van der Waals surface area (Å²) < 4.78 is 0. The van der Waals surface area contributed by atoms with E-state index in [1.807, 2.05) is 7.05 Å². The van der Waals surface area contributed by atoms with Crippen molar-refractivity contribution in [3.63, 3.8) is 0 Å². The van der Waals surface area contributed by atoms with Crippen LogP contribution in [0.15, 0.2) is 0 Å². The number of hydrogen-bond acceptors (Lipinski definition) is 2. The third-order valence-electron chi connectivity index (χ3n) is 4.21. The average molecular weight is 254 g/mol. The molecule has 0 atom stereocenters. The third kappa shape index (κ3) is 2.76. The van der Waals surface area contributed by atoms with Crippen LogP contribution in [0.2, 0.25) is 0 Å². The lowest BCUT2D eigenvalue weighted by atomic mass is 9.80. The molecule has 5 nitrogen and oxygen atoms in total. The zero-order valence-electron chi connectivity index (χ0n) is 11.2. The molecule has 1 saturated carbocycles. The van der Waals surface area contributed by atoms with E-state index >= 15 is 0 Å². The predicted molar refractivity (Wildman–Crippen MR) is 67.3 cm³/mol. The minimum absolute atomic E-state index is 0.0503. The number of piperidine rings is 1. The van der Waals surface area contributed by atoms with Crippen molar-refractivity contribution in [2.75, 3.05) is 26.7 Å². The average Bonchev–Trinajstić information content (AvgIpc) is 3.13. The fourth-order valence-corrected chi connectivity index (χ4v) is 2.41. The summed E-state index contributed by atoms with van der Waals surface area (Å²) in [5.74, 6) is -0.0611. The van der Waals surface area contributed by atoms with E-state index in [4.69, 9.17) is 5.11 Å². The van der Waals surface area contributed by atoms with Crippen molar-refractivity contribution in [2.45, 2.75) is 32.6 Å². The highest BCUT2D eigenvalue weighted by Gasteiger charge is 2.38. The molecule has 1 N–H and O–H groups in total. The molecule has 18 heavy (non-hydrogen) atoms. The molecule has 0 spiro atoms. The van der Waals surface area contributed by atoms with Crippen LogP contribution in [0.25, 0.3) is 0 Å². The highest BCUT2D eigenvalue weighted by molar-refractivity contribution is 5.77. The Bertz CT molecular complexity index is 344. The first-order chi connectivity index (χ1) is 8.42. The van der Waals surface area contributed by atoms with Crippen molar-refractivity contribution in [1.29, 1.82) is 0 Å². The predicted octanol–water partition coefficient (Wildman–Crippen LogP) is 1.63. The quantitative estimate of drug-likeness (QED) is 0.832. The normalized spacial score (nSPS) is 22.7. The molecule has 0 aromatic carbocycles. The molecule has 2 rings (SSSR count). The number of amides is 2. The van der Waals surface area contributed by atoms with Gasteiger partial charge in [0.1, 0.15) is 0 Å². The van der Waals surface area contributed by atoms with Crippen LogP contribution in [0.5, 0.6) is 0 Å². The van der Waals surface area contributed by atoms with Crippen molar-refractivity contribution in [2.24, 2.45) is 11.3 Å². The van der Waals surface area contributed by atoms with Crippen molar-refractivity contribution < 1.29 is 14.7 Å². The van der Waals surface area contributed by atoms with E-state index in [2.05, 4.69) is 0 Å². The van der Waals surface area contributed by atoms with Crippen molar-refractivity contribution >= 4 is 12.0 Å². The van der Waals surface area contributed by atoms with Gasteiger partial charge in [-0.3, -0.25) is 4.79 Å². The van der Waals surface area contributed by atoms with E-state index in [1.165, 1.54) is 12.8 Å². The zero-order valence-corrected chi connectivity index (χ0v) is 11.2. The van der Waals surface area contributed by atoms with Crippen molar-refractivity contribution in [1.82, 2.24) is 9.80 Å². The van der Waals surface area contributed by atoms with Gasteiger partial charge >= 0.3 is 12.0 Å². The van der Waals surface area contributed by atoms with Crippen LogP contribution in [0.1, 0.15) is 32.6 Å². The second kappa shape index (κ2) is 4.78. The number of carbonyl (C=O) groups excluding carboxylic acids is 1. The van der Waals surface area contributed by atoms with Crippen LogP contribution in [0.4, 0.5) is 4.79 Å². The summed E-state index contributed by atoms with van der Waals surface area (Å²) in [6.07, 6.45) is 3.56. The van der Waals surface area contributed by atoms with Crippen LogP contribution in [0.3, 0.4) is 0 Å². The summed E-state index contributed by atoms with van der Waals surface area (Å²) in [6.45, 7) is 3.71. The van der Waals surface area contributed by atoms with Gasteiger partial charge in [-0.15, -0.1) is 0 Å². The maximum absolute atomic E-state index is 12.1. The molecule has 1 aliphatic heterocycles. The van der Waals surface area contributed by atoms with Gasteiger partial charge in [-0.05, 0) is 38.5 Å². The SMILES string of the molecule is CN(CC1CC1)C(=O)N1CCC(C)(C(=O)O)CC1. The molecule has 2 aliphatic rings. The fraction of sp³-hybridized carbons (Fsp3) is 0.846. The lowest BCUT2D eigenvalue weighted by molar-refractivity contribution is -0.150. The lowest BCUT2D eigenvalue weighted by Crippen LogP contribution is -2.49. The zero-order chi connectivity index (χ0) is 13.3. The molecule has 1 aliphatic carbocycles. The van der Waals surface area contributed by atoms with Crippen LogP contribution in [-0.4, -0.2) is 53.6 Å². The molecule has 1 saturated heterocycles. The van der Waals surface area contributed by atoms with Gasteiger partial charge in [0.15, 0.2) is 0 Å². The molecule has 2 fully saturated rings. The van der Waals surface area contributed by atoms with E-state index in [0.29, 0.717) is 31.8 Å². The molecule has 0 aromatic heterocycles. The Morgan fingerprint density at radius 1 is 1.33 bits per heavy atom. The first-order valence-electron chi connectivity index (χ1n) is 6.66. The molecule has 0 radical (unpaired) electrons. The Morgan fingerprint density at radius 2 is 1.89 bits per heavy atom. The minimum atomic E-state index is -0.749. The summed E-state index contributed by atoms with van der Waals surface area (Å²) in [6, 6.07) is 0.0503. The van der Waals surface area contributed by atoms with E-state index in [0.717, 1.165) is 6.54 Å². The number of likely N-dealkylation sites (tertiary alicyclic amines) is 1. The highest BCUT2D eigenvalue weighted by atomic mass is 16.4. The van der Waals surface area contributed by atoms with E-state index in [9.17, 15) is 9.59 Å². The number of aliphatic carboxylic acids is 1. The number of carboxylic acid groups (broad SMARTS) is 1. The highest BCUT2D eigenvalue weighted by Crippen LogP contribution is 2.32. The Hall–Kier alpha value is -1.26. The van der Waals surface area contributed by atoms with Crippen LogP contribution in [0, 0.1) is 11.3 Å². The van der Waals surface area contributed by atoms with E-state index < -0.39 is 11.4 Å². The largest absolute Gasteiger partial charge is 0.481 e. The summed E-state index contributed by atoms with van der Waals surface area (Å²) in [4.78, 5) is 26.8. The number of urea groups is 1. The molecule has 0 unspecified atom stereocenters. The van der Waals surface area contributed by atoms with E-state index in [1.54, 1.807) is 16.7 Å². The molecule has 0 bridgehead atoms. The van der Waals surface area contributed by atoms with Crippen molar-refractivity contribution in [3.05, 3.63) is 0 Å². The topological polar surface area (TPSA) is 60.9 Å². The summed E-state index contributed by atoms with van der Waals surface area (Å²) in [5, 5.41) is 9.14. The minimum Gasteiger partial charge on any atom is -0.481 e. The molecule has 5 heteroatoms. The maximum Gasteiger partial charge on any atom is 0.319 e. The number of carbonyl (C=O) groups is 2. The Labute approximate surface area is 108 Å². The van der Waals surface area contributed by atoms with Gasteiger partial charge in [0.05, 0.1) is 5.41 Å². The van der Waals surface area contributed by atoms with Gasteiger partial charge in [-0.1, -0.05) is 0 Å². The first kappa shape index (κ1) is 13.2. The Balaban J connectivity index is 1.84. The van der Waals surface area contributed by atoms with E-state index in [-0.39, 0.29) is 6.03 Å². The molecule has 0 aromatic rings.